The Morgan fingerprint density at radius 3 is 2.75 bits per heavy atom. The van der Waals surface area contributed by atoms with E-state index in [1.807, 2.05) is 0 Å². The van der Waals surface area contributed by atoms with Crippen molar-refractivity contribution in [2.24, 2.45) is 0 Å². The van der Waals surface area contributed by atoms with E-state index in [0.717, 1.165) is 24.8 Å². The van der Waals surface area contributed by atoms with Gasteiger partial charge in [0.2, 0.25) is 0 Å². The standard InChI is InChI=1S/C13H20O3/c14-12(10-13-15-8-9-16-13)11-6-4-2-1-3-5-7-11/h6,13H,1-5,7-10H2/b11-6+. The third-order valence-electron chi connectivity index (χ3n) is 3.19. The molecule has 0 spiro atoms. The molecule has 0 aromatic rings. The molecule has 0 amide bonds. The summed E-state index contributed by atoms with van der Waals surface area (Å²) in [6.07, 6.45) is 9.12. The van der Waals surface area contributed by atoms with Crippen molar-refractivity contribution >= 4 is 5.78 Å². The molecule has 0 aromatic heterocycles. The van der Waals surface area contributed by atoms with Gasteiger partial charge in [0.25, 0.3) is 0 Å². The van der Waals surface area contributed by atoms with Gasteiger partial charge in [0.15, 0.2) is 12.1 Å². The molecule has 0 N–H and O–H groups in total. The van der Waals surface area contributed by atoms with Crippen LogP contribution in [0.15, 0.2) is 11.6 Å². The Kier molecular flexibility index (Phi) is 4.55. The molecular weight excluding hydrogens is 204 g/mol. The van der Waals surface area contributed by atoms with Gasteiger partial charge < -0.3 is 9.47 Å². The predicted octanol–water partition coefficient (Wildman–Crippen LogP) is 2.60. The van der Waals surface area contributed by atoms with Crippen molar-refractivity contribution in [3.63, 3.8) is 0 Å². The van der Waals surface area contributed by atoms with Gasteiger partial charge in [0.1, 0.15) is 0 Å². The molecule has 90 valence electrons. The lowest BCUT2D eigenvalue weighted by atomic mass is 9.96. The summed E-state index contributed by atoms with van der Waals surface area (Å²) in [7, 11) is 0. The van der Waals surface area contributed by atoms with Crippen LogP contribution in [0.1, 0.15) is 44.9 Å². The van der Waals surface area contributed by atoms with E-state index in [4.69, 9.17) is 9.47 Å². The van der Waals surface area contributed by atoms with Crippen molar-refractivity contribution in [1.29, 1.82) is 0 Å². The van der Waals surface area contributed by atoms with Crippen LogP contribution in [0.25, 0.3) is 0 Å². The fraction of sp³-hybridized carbons (Fsp3) is 0.769. The van der Waals surface area contributed by atoms with Crippen LogP contribution in [-0.2, 0) is 14.3 Å². The van der Waals surface area contributed by atoms with Gasteiger partial charge in [-0.2, -0.15) is 0 Å². The van der Waals surface area contributed by atoms with Crippen molar-refractivity contribution in [3.8, 4) is 0 Å². The van der Waals surface area contributed by atoms with Crippen molar-refractivity contribution in [2.75, 3.05) is 13.2 Å². The average Bonchev–Trinajstić information content (AvgIpc) is 2.69. The molecule has 1 heterocycles. The summed E-state index contributed by atoms with van der Waals surface area (Å²) in [6.45, 7) is 1.24. The third-order valence-corrected chi connectivity index (χ3v) is 3.19. The number of allylic oxidation sites excluding steroid dienone is 2. The smallest absolute Gasteiger partial charge is 0.165 e. The zero-order valence-corrected chi connectivity index (χ0v) is 9.74. The lowest BCUT2D eigenvalue weighted by molar-refractivity contribution is -0.124. The maximum Gasteiger partial charge on any atom is 0.165 e. The first-order valence-corrected chi connectivity index (χ1v) is 6.32. The molecule has 3 heteroatoms. The SMILES string of the molecule is O=C(CC1OCCO1)/C1=C/CCCCCC1. The Bertz CT molecular complexity index is 264. The predicted molar refractivity (Wildman–Crippen MR) is 61.1 cm³/mol. The molecule has 1 aliphatic heterocycles. The second-order valence-electron chi connectivity index (χ2n) is 4.48. The minimum Gasteiger partial charge on any atom is -0.350 e. The van der Waals surface area contributed by atoms with Gasteiger partial charge in [0, 0.05) is 0 Å². The normalized spacial score (nSPS) is 26.9. The van der Waals surface area contributed by atoms with Crippen LogP contribution < -0.4 is 0 Å². The number of ether oxygens (including phenoxy) is 2. The quantitative estimate of drug-likeness (QED) is 0.739. The molecule has 0 radical (unpaired) electrons. The summed E-state index contributed by atoms with van der Waals surface area (Å²) in [4.78, 5) is 12.0. The molecule has 0 unspecified atom stereocenters. The van der Waals surface area contributed by atoms with Crippen LogP contribution in [-0.4, -0.2) is 25.3 Å². The molecule has 1 fully saturated rings. The Balaban J connectivity index is 1.85. The van der Waals surface area contributed by atoms with Gasteiger partial charge in [-0.3, -0.25) is 4.79 Å². The van der Waals surface area contributed by atoms with Crippen LogP contribution in [0.4, 0.5) is 0 Å². The molecule has 3 nitrogen and oxygen atoms in total. The van der Waals surface area contributed by atoms with Gasteiger partial charge in [0.05, 0.1) is 19.6 Å². The minimum absolute atomic E-state index is 0.216. The largest absolute Gasteiger partial charge is 0.350 e. The van der Waals surface area contributed by atoms with E-state index in [2.05, 4.69) is 6.08 Å². The summed E-state index contributed by atoms with van der Waals surface area (Å²) in [5.74, 6) is 0.216. The Hall–Kier alpha value is -0.670. The number of Topliss-reactive ketones (excluding diaryl/α,β-unsaturated/α-hetero) is 1. The highest BCUT2D eigenvalue weighted by molar-refractivity contribution is 5.95. The molecule has 0 saturated carbocycles. The monoisotopic (exact) mass is 224 g/mol. The highest BCUT2D eigenvalue weighted by Gasteiger charge is 2.21. The number of carbonyl (C=O) groups excluding carboxylic acids is 1. The lowest BCUT2D eigenvalue weighted by Gasteiger charge is -2.12. The number of hydrogen-bond donors (Lipinski definition) is 0. The van der Waals surface area contributed by atoms with Crippen LogP contribution >= 0.6 is 0 Å². The van der Waals surface area contributed by atoms with E-state index in [9.17, 15) is 4.79 Å². The number of hydrogen-bond acceptors (Lipinski definition) is 3. The number of rotatable bonds is 3. The van der Waals surface area contributed by atoms with Crippen LogP contribution in [0.2, 0.25) is 0 Å². The summed E-state index contributed by atoms with van der Waals surface area (Å²) in [5, 5.41) is 0. The second-order valence-corrected chi connectivity index (χ2v) is 4.48. The third kappa shape index (κ3) is 3.42. The molecule has 0 aromatic carbocycles. The maximum absolute atomic E-state index is 12.0. The van der Waals surface area contributed by atoms with E-state index >= 15 is 0 Å². The van der Waals surface area contributed by atoms with Crippen LogP contribution in [0, 0.1) is 0 Å². The minimum atomic E-state index is -0.293. The van der Waals surface area contributed by atoms with E-state index in [1.165, 1.54) is 19.3 Å². The van der Waals surface area contributed by atoms with Gasteiger partial charge >= 0.3 is 0 Å². The van der Waals surface area contributed by atoms with Gasteiger partial charge in [-0.25, -0.2) is 0 Å². The summed E-state index contributed by atoms with van der Waals surface area (Å²) in [6, 6.07) is 0. The highest BCUT2D eigenvalue weighted by atomic mass is 16.7. The Morgan fingerprint density at radius 2 is 1.94 bits per heavy atom. The van der Waals surface area contributed by atoms with Gasteiger partial charge in [-0.15, -0.1) is 0 Å². The molecular formula is C13H20O3. The molecule has 1 aliphatic carbocycles. The maximum atomic E-state index is 12.0. The van der Waals surface area contributed by atoms with Crippen LogP contribution in [0.3, 0.4) is 0 Å². The van der Waals surface area contributed by atoms with E-state index < -0.39 is 0 Å². The van der Waals surface area contributed by atoms with Gasteiger partial charge in [-0.05, 0) is 31.3 Å². The molecule has 2 rings (SSSR count). The van der Waals surface area contributed by atoms with Crippen molar-refractivity contribution < 1.29 is 14.3 Å². The average molecular weight is 224 g/mol. The lowest BCUT2D eigenvalue weighted by Crippen LogP contribution is -2.16. The molecule has 0 bridgehead atoms. The molecule has 16 heavy (non-hydrogen) atoms. The molecule has 2 aliphatic rings. The first kappa shape index (κ1) is 11.8. The van der Waals surface area contributed by atoms with Crippen molar-refractivity contribution in [1.82, 2.24) is 0 Å². The topological polar surface area (TPSA) is 35.5 Å². The first-order valence-electron chi connectivity index (χ1n) is 6.32. The summed E-state index contributed by atoms with van der Waals surface area (Å²) in [5.41, 5.74) is 0.999. The highest BCUT2D eigenvalue weighted by Crippen LogP contribution is 2.20. The zero-order chi connectivity index (χ0) is 11.2. The number of ketones is 1. The van der Waals surface area contributed by atoms with E-state index in [-0.39, 0.29) is 12.1 Å². The fourth-order valence-electron chi connectivity index (χ4n) is 2.25. The Labute approximate surface area is 96.8 Å². The van der Waals surface area contributed by atoms with Gasteiger partial charge in [-0.1, -0.05) is 18.9 Å². The Morgan fingerprint density at radius 1 is 1.19 bits per heavy atom. The van der Waals surface area contributed by atoms with E-state index in [1.54, 1.807) is 0 Å². The van der Waals surface area contributed by atoms with E-state index in [0.29, 0.717) is 19.6 Å². The fourth-order valence-corrected chi connectivity index (χ4v) is 2.25. The number of carbonyl (C=O) groups is 1. The molecule has 0 atom stereocenters. The summed E-state index contributed by atoms with van der Waals surface area (Å²) >= 11 is 0. The van der Waals surface area contributed by atoms with Crippen LogP contribution in [0.5, 0.6) is 0 Å². The van der Waals surface area contributed by atoms with Crippen molar-refractivity contribution in [3.05, 3.63) is 11.6 Å². The summed E-state index contributed by atoms with van der Waals surface area (Å²) < 4.78 is 10.6. The second kappa shape index (κ2) is 6.16. The van der Waals surface area contributed by atoms with Crippen molar-refractivity contribution in [2.45, 2.75) is 51.2 Å². The first-order chi connectivity index (χ1) is 7.86. The zero-order valence-electron chi connectivity index (χ0n) is 9.74. The molecule has 1 saturated heterocycles.